The molecule has 2 unspecified atom stereocenters. The van der Waals surface area contributed by atoms with Crippen LogP contribution < -0.4 is 9.47 Å². The summed E-state index contributed by atoms with van der Waals surface area (Å²) < 4.78 is 16.2. The number of carbonyl (C=O) groups is 3. The summed E-state index contributed by atoms with van der Waals surface area (Å²) in [5.41, 5.74) is 0.987. The minimum absolute atomic E-state index is 0.00179. The van der Waals surface area contributed by atoms with E-state index in [9.17, 15) is 14.4 Å². The van der Waals surface area contributed by atoms with Gasteiger partial charge in [0.1, 0.15) is 17.1 Å². The van der Waals surface area contributed by atoms with Gasteiger partial charge >= 0.3 is 5.97 Å². The van der Waals surface area contributed by atoms with E-state index in [-0.39, 0.29) is 46.9 Å². The quantitative estimate of drug-likeness (QED) is 0.587. The van der Waals surface area contributed by atoms with Crippen LogP contribution in [0.2, 0.25) is 0 Å². The normalized spacial score (nSPS) is 22.3. The van der Waals surface area contributed by atoms with Crippen LogP contribution in [0.1, 0.15) is 47.9 Å². The van der Waals surface area contributed by atoms with Gasteiger partial charge in [-0.2, -0.15) is 0 Å². The second kappa shape index (κ2) is 6.33. The molecule has 1 aromatic rings. The van der Waals surface area contributed by atoms with Crippen molar-refractivity contribution in [3.63, 3.8) is 0 Å². The zero-order valence-electron chi connectivity index (χ0n) is 16.3. The second-order valence-corrected chi connectivity index (χ2v) is 8.24. The van der Waals surface area contributed by atoms with Gasteiger partial charge in [-0.05, 0) is 33.3 Å². The van der Waals surface area contributed by atoms with Crippen LogP contribution in [0.25, 0.3) is 0 Å². The Morgan fingerprint density at radius 1 is 1.07 bits per heavy atom. The zero-order chi connectivity index (χ0) is 20.2. The number of allylic oxidation sites excluding steroid dienone is 4. The third-order valence-corrected chi connectivity index (χ3v) is 5.15. The van der Waals surface area contributed by atoms with Crippen molar-refractivity contribution in [2.45, 2.75) is 32.8 Å². The first kappa shape index (κ1) is 18.5. The number of methoxy groups -OCH3 is 1. The van der Waals surface area contributed by atoms with Crippen molar-refractivity contribution in [2.24, 2.45) is 11.8 Å². The molecule has 1 aromatic carbocycles. The molecule has 6 heteroatoms. The summed E-state index contributed by atoms with van der Waals surface area (Å²) in [6.45, 7) is 4.92. The van der Waals surface area contributed by atoms with E-state index in [0.29, 0.717) is 16.9 Å². The first-order valence-electron chi connectivity index (χ1n) is 9.28. The molecule has 4 rings (SSSR count). The van der Waals surface area contributed by atoms with Gasteiger partial charge in [0.15, 0.2) is 18.2 Å². The zero-order valence-corrected chi connectivity index (χ0v) is 16.3. The van der Waals surface area contributed by atoms with Gasteiger partial charge < -0.3 is 14.2 Å². The van der Waals surface area contributed by atoms with E-state index in [2.05, 4.69) is 0 Å². The summed E-state index contributed by atoms with van der Waals surface area (Å²) in [5.74, 6) is -0.391. The Morgan fingerprint density at radius 3 is 2.32 bits per heavy atom. The molecule has 2 bridgehead atoms. The Balaban J connectivity index is 1.70. The van der Waals surface area contributed by atoms with E-state index in [1.165, 1.54) is 13.2 Å². The smallest absolute Gasteiger partial charge is 0.344 e. The van der Waals surface area contributed by atoms with Crippen molar-refractivity contribution in [2.75, 3.05) is 13.7 Å². The first-order chi connectivity index (χ1) is 13.2. The molecule has 0 spiro atoms. The fourth-order valence-electron chi connectivity index (χ4n) is 4.13. The molecule has 3 aliphatic carbocycles. The van der Waals surface area contributed by atoms with Crippen LogP contribution in [-0.2, 0) is 9.53 Å². The molecule has 0 saturated carbocycles. The van der Waals surface area contributed by atoms with E-state index in [4.69, 9.17) is 14.2 Å². The minimum Gasteiger partial charge on any atom is -0.497 e. The minimum atomic E-state index is -0.644. The van der Waals surface area contributed by atoms with Gasteiger partial charge in [-0.3, -0.25) is 9.59 Å². The van der Waals surface area contributed by atoms with E-state index < -0.39 is 11.6 Å². The number of hydrogen-bond acceptors (Lipinski definition) is 6. The lowest BCUT2D eigenvalue weighted by atomic mass is 9.79. The second-order valence-electron chi connectivity index (χ2n) is 8.24. The van der Waals surface area contributed by atoms with E-state index in [1.54, 1.807) is 26.8 Å². The number of carbonyl (C=O) groups excluding carboxylic acids is 3. The lowest BCUT2D eigenvalue weighted by Gasteiger charge is -2.24. The van der Waals surface area contributed by atoms with E-state index in [0.717, 1.165) is 6.42 Å². The SMILES string of the molecule is COc1cc(OCC(=O)OC(C)(C)C)c2c(c1)C(=O)C1=C(C2=O)C2C=CC1C2. The Hall–Kier alpha value is -2.89. The third-order valence-electron chi connectivity index (χ3n) is 5.15. The lowest BCUT2D eigenvalue weighted by Crippen LogP contribution is -2.28. The molecular weight excluding hydrogens is 360 g/mol. The number of rotatable bonds is 4. The van der Waals surface area contributed by atoms with Gasteiger partial charge in [-0.25, -0.2) is 4.79 Å². The average Bonchev–Trinajstić information content (AvgIpc) is 3.24. The maximum absolute atomic E-state index is 13.2. The number of fused-ring (bicyclic) bond motifs is 5. The first-order valence-corrected chi connectivity index (χ1v) is 9.28. The van der Waals surface area contributed by atoms with Crippen LogP contribution in [-0.4, -0.2) is 36.9 Å². The molecule has 3 aliphatic rings. The highest BCUT2D eigenvalue weighted by atomic mass is 16.6. The fourth-order valence-corrected chi connectivity index (χ4v) is 4.13. The van der Waals surface area contributed by atoms with Crippen LogP contribution in [0.4, 0.5) is 0 Å². The Labute approximate surface area is 163 Å². The molecule has 28 heavy (non-hydrogen) atoms. The number of Topliss-reactive ketones (excluding diaryl/α,β-unsaturated/α-hetero) is 2. The molecular formula is C22H22O6. The van der Waals surface area contributed by atoms with Crippen LogP contribution in [0.5, 0.6) is 11.5 Å². The van der Waals surface area contributed by atoms with Crippen molar-refractivity contribution in [1.82, 2.24) is 0 Å². The van der Waals surface area contributed by atoms with Crippen molar-refractivity contribution in [3.8, 4) is 11.5 Å². The number of hydrogen-bond donors (Lipinski definition) is 0. The third kappa shape index (κ3) is 2.93. The Kier molecular flexibility index (Phi) is 4.17. The summed E-state index contributed by atoms with van der Waals surface area (Å²) in [5, 5.41) is 0. The molecule has 0 saturated heterocycles. The van der Waals surface area contributed by atoms with Crippen molar-refractivity contribution >= 4 is 17.5 Å². The van der Waals surface area contributed by atoms with Crippen LogP contribution >= 0.6 is 0 Å². The van der Waals surface area contributed by atoms with Gasteiger partial charge in [0, 0.05) is 34.6 Å². The van der Waals surface area contributed by atoms with Gasteiger partial charge in [0.05, 0.1) is 12.7 Å². The molecule has 0 amide bonds. The predicted molar refractivity (Wildman–Crippen MR) is 101 cm³/mol. The summed E-state index contributed by atoms with van der Waals surface area (Å²) in [6.07, 6.45) is 4.76. The molecule has 6 nitrogen and oxygen atoms in total. The Bertz CT molecular complexity index is 960. The summed E-state index contributed by atoms with van der Waals surface area (Å²) in [6, 6.07) is 3.10. The van der Waals surface area contributed by atoms with Gasteiger partial charge in [0.25, 0.3) is 0 Å². The number of benzene rings is 1. The molecule has 146 valence electrons. The van der Waals surface area contributed by atoms with Gasteiger partial charge in [0.2, 0.25) is 0 Å². The number of ketones is 2. The van der Waals surface area contributed by atoms with Crippen LogP contribution in [0, 0.1) is 11.8 Å². The number of esters is 1. The molecule has 0 N–H and O–H groups in total. The molecule has 0 heterocycles. The molecule has 0 radical (unpaired) electrons. The highest BCUT2D eigenvalue weighted by Crippen LogP contribution is 2.50. The molecule has 0 aromatic heterocycles. The van der Waals surface area contributed by atoms with Gasteiger partial charge in [-0.1, -0.05) is 12.2 Å². The lowest BCUT2D eigenvalue weighted by molar-refractivity contribution is -0.157. The van der Waals surface area contributed by atoms with E-state index >= 15 is 0 Å². The average molecular weight is 382 g/mol. The van der Waals surface area contributed by atoms with Crippen molar-refractivity contribution in [3.05, 3.63) is 46.6 Å². The summed E-state index contributed by atoms with van der Waals surface area (Å²) >= 11 is 0. The fraction of sp³-hybridized carbons (Fsp3) is 0.409. The largest absolute Gasteiger partial charge is 0.497 e. The maximum Gasteiger partial charge on any atom is 0.344 e. The predicted octanol–water partition coefficient (Wildman–Crippen LogP) is 3.30. The maximum atomic E-state index is 13.2. The Morgan fingerprint density at radius 2 is 1.71 bits per heavy atom. The summed E-state index contributed by atoms with van der Waals surface area (Å²) in [7, 11) is 1.47. The van der Waals surface area contributed by atoms with E-state index in [1.807, 2.05) is 12.2 Å². The monoisotopic (exact) mass is 382 g/mol. The highest BCUT2D eigenvalue weighted by molar-refractivity contribution is 6.29. The number of ether oxygens (including phenoxy) is 3. The topological polar surface area (TPSA) is 78.9 Å². The van der Waals surface area contributed by atoms with Crippen LogP contribution in [0.3, 0.4) is 0 Å². The molecule has 2 atom stereocenters. The molecule has 0 aliphatic heterocycles. The summed E-state index contributed by atoms with van der Waals surface area (Å²) in [4.78, 5) is 38.4. The van der Waals surface area contributed by atoms with Crippen LogP contribution in [0.15, 0.2) is 35.4 Å². The highest BCUT2D eigenvalue weighted by Gasteiger charge is 2.47. The van der Waals surface area contributed by atoms with Crippen molar-refractivity contribution < 1.29 is 28.6 Å². The van der Waals surface area contributed by atoms with Crippen molar-refractivity contribution in [1.29, 1.82) is 0 Å². The standard InChI is InChI=1S/C22H22O6/c1-22(2,3)28-16(23)10-27-15-9-13(26-4)8-14-19(15)21(25)18-12-6-5-11(7-12)17(18)20(14)24/h5-6,8-9,11-12H,7,10H2,1-4H3. The molecule has 0 fully saturated rings. The van der Waals surface area contributed by atoms with Gasteiger partial charge in [-0.15, -0.1) is 0 Å².